The molecule has 0 saturated heterocycles. The van der Waals surface area contributed by atoms with Crippen LogP contribution in [0.2, 0.25) is 0 Å². The molecule has 0 aliphatic heterocycles. The van der Waals surface area contributed by atoms with Crippen LogP contribution in [0, 0.1) is 0 Å². The molecule has 62 heavy (non-hydrogen) atoms. The van der Waals surface area contributed by atoms with Crippen molar-refractivity contribution in [2.24, 2.45) is 0 Å². The predicted molar refractivity (Wildman–Crippen MR) is 263 cm³/mol. The van der Waals surface area contributed by atoms with Crippen molar-refractivity contribution in [3.63, 3.8) is 0 Å². The van der Waals surface area contributed by atoms with Crippen molar-refractivity contribution in [3.8, 4) is 66.8 Å². The van der Waals surface area contributed by atoms with Crippen molar-refractivity contribution < 1.29 is 0 Å². The molecule has 0 bridgehead atoms. The van der Waals surface area contributed by atoms with Gasteiger partial charge in [0.05, 0.1) is 0 Å². The van der Waals surface area contributed by atoms with Gasteiger partial charge in [0.1, 0.15) is 0 Å². The molecule has 0 amide bonds. The Kier molecular flexibility index (Phi) is 9.24. The fraction of sp³-hybridized carbons (Fsp3) is 0.0492. The van der Waals surface area contributed by atoms with Gasteiger partial charge in [-0.2, -0.15) is 0 Å². The molecule has 0 radical (unpaired) electrons. The summed E-state index contributed by atoms with van der Waals surface area (Å²) in [5.74, 6) is 0. The summed E-state index contributed by atoms with van der Waals surface area (Å²) in [5, 5.41) is 2.51. The molecule has 1 heteroatoms. The van der Waals surface area contributed by atoms with Crippen molar-refractivity contribution >= 4 is 27.8 Å². The molecule has 10 aromatic rings. The molecule has 0 spiro atoms. The Balaban J connectivity index is 0.978. The smallest absolute Gasteiger partial charge is 0.0467 e. The number of benzene rings is 10. The lowest BCUT2D eigenvalue weighted by molar-refractivity contribution is 0.662. The average Bonchev–Trinajstić information content (AvgIpc) is 3.58. The normalized spacial score (nSPS) is 12.5. The third-order valence-corrected chi connectivity index (χ3v) is 12.8. The first-order valence-electron chi connectivity index (χ1n) is 21.6. The standard InChI is InChI=1S/C61H45N/c1-61(2)59-27-9-8-24-57(59)58-26-13-25-56(60(58)61)45-32-36-54(37-33-45)62(55-23-12-22-51(41-55)49-20-10-18-47(38-49)42-14-4-3-5-15-42)53-34-30-44(31-35-53)48-19-11-21-50(39-48)52-29-28-43-16-6-7-17-46(43)40-52/h3-41H,1-2H3. The van der Waals surface area contributed by atoms with E-state index in [1.165, 1.54) is 88.7 Å². The highest BCUT2D eigenvalue weighted by Gasteiger charge is 2.37. The second kappa shape index (κ2) is 15.4. The lowest BCUT2D eigenvalue weighted by Crippen LogP contribution is -2.16. The minimum absolute atomic E-state index is 0.0950. The molecule has 0 unspecified atom stereocenters. The molecule has 0 heterocycles. The highest BCUT2D eigenvalue weighted by molar-refractivity contribution is 5.90. The van der Waals surface area contributed by atoms with Gasteiger partial charge in [0.15, 0.2) is 0 Å². The number of hydrogen-bond acceptors (Lipinski definition) is 1. The fourth-order valence-electron chi connectivity index (χ4n) is 9.71. The number of fused-ring (bicyclic) bond motifs is 4. The van der Waals surface area contributed by atoms with Gasteiger partial charge in [-0.3, -0.25) is 0 Å². The Morgan fingerprint density at radius 2 is 0.726 bits per heavy atom. The largest absolute Gasteiger partial charge is 0.310 e. The van der Waals surface area contributed by atoms with Crippen LogP contribution in [-0.2, 0) is 5.41 Å². The minimum Gasteiger partial charge on any atom is -0.310 e. The van der Waals surface area contributed by atoms with Crippen LogP contribution >= 0.6 is 0 Å². The first kappa shape index (κ1) is 37.3. The van der Waals surface area contributed by atoms with Crippen LogP contribution in [-0.4, -0.2) is 0 Å². The van der Waals surface area contributed by atoms with Crippen LogP contribution in [0.4, 0.5) is 17.1 Å². The Bertz CT molecular complexity index is 3250. The Hall–Kier alpha value is -7.74. The van der Waals surface area contributed by atoms with E-state index in [-0.39, 0.29) is 5.41 Å². The van der Waals surface area contributed by atoms with Gasteiger partial charge in [0.2, 0.25) is 0 Å². The number of anilines is 3. The first-order valence-corrected chi connectivity index (χ1v) is 21.6. The second-order valence-corrected chi connectivity index (χ2v) is 17.0. The van der Waals surface area contributed by atoms with E-state index in [0.29, 0.717) is 0 Å². The zero-order chi connectivity index (χ0) is 41.6. The summed E-state index contributed by atoms with van der Waals surface area (Å²) < 4.78 is 0. The third kappa shape index (κ3) is 6.69. The van der Waals surface area contributed by atoms with Gasteiger partial charge in [0.25, 0.3) is 0 Å². The number of rotatable bonds is 8. The average molecular weight is 792 g/mol. The van der Waals surface area contributed by atoms with Gasteiger partial charge in [-0.15, -0.1) is 0 Å². The first-order chi connectivity index (χ1) is 30.5. The molecular weight excluding hydrogens is 747 g/mol. The maximum atomic E-state index is 2.39. The van der Waals surface area contributed by atoms with E-state index in [1.54, 1.807) is 0 Å². The SMILES string of the molecule is CC1(C)c2ccccc2-c2cccc(-c3ccc(N(c4ccc(-c5cccc(-c6ccc7ccccc7c6)c5)cc4)c4cccc(-c5cccc(-c6ccccc6)c5)c4)cc3)c21. The molecule has 1 aliphatic carbocycles. The molecule has 0 aromatic heterocycles. The van der Waals surface area contributed by atoms with Gasteiger partial charge in [-0.1, -0.05) is 196 Å². The molecule has 1 nitrogen and oxygen atoms in total. The lowest BCUT2D eigenvalue weighted by atomic mass is 9.79. The number of hydrogen-bond donors (Lipinski definition) is 0. The van der Waals surface area contributed by atoms with Crippen LogP contribution < -0.4 is 4.90 Å². The van der Waals surface area contributed by atoms with E-state index in [1.807, 2.05) is 0 Å². The maximum Gasteiger partial charge on any atom is 0.0467 e. The van der Waals surface area contributed by atoms with E-state index in [9.17, 15) is 0 Å². The van der Waals surface area contributed by atoms with Crippen molar-refractivity contribution in [1.82, 2.24) is 0 Å². The van der Waals surface area contributed by atoms with Crippen LogP contribution in [0.3, 0.4) is 0 Å². The zero-order valence-electron chi connectivity index (χ0n) is 35.0. The summed E-state index contributed by atoms with van der Waals surface area (Å²) in [6.07, 6.45) is 0. The van der Waals surface area contributed by atoms with Crippen LogP contribution in [0.1, 0.15) is 25.0 Å². The predicted octanol–water partition coefficient (Wildman–Crippen LogP) is 17.0. The Labute approximate surface area is 364 Å². The van der Waals surface area contributed by atoms with Crippen LogP contribution in [0.15, 0.2) is 237 Å². The molecule has 0 fully saturated rings. The molecule has 0 atom stereocenters. The summed E-state index contributed by atoms with van der Waals surface area (Å²) in [7, 11) is 0. The van der Waals surface area contributed by atoms with Gasteiger partial charge >= 0.3 is 0 Å². The summed E-state index contributed by atoms with van der Waals surface area (Å²) >= 11 is 0. The highest BCUT2D eigenvalue weighted by atomic mass is 15.1. The quantitative estimate of drug-likeness (QED) is 0.148. The summed E-state index contributed by atoms with van der Waals surface area (Å²) in [4.78, 5) is 2.39. The molecule has 0 saturated carbocycles. The lowest BCUT2D eigenvalue weighted by Gasteiger charge is -2.27. The number of nitrogens with zero attached hydrogens (tertiary/aromatic N) is 1. The molecule has 10 aromatic carbocycles. The fourth-order valence-corrected chi connectivity index (χ4v) is 9.71. The topological polar surface area (TPSA) is 3.24 Å². The monoisotopic (exact) mass is 791 g/mol. The van der Waals surface area contributed by atoms with E-state index < -0.39 is 0 Å². The molecule has 1 aliphatic rings. The Morgan fingerprint density at radius 3 is 1.42 bits per heavy atom. The van der Waals surface area contributed by atoms with Gasteiger partial charge < -0.3 is 4.90 Å². The van der Waals surface area contributed by atoms with Crippen molar-refractivity contribution in [3.05, 3.63) is 248 Å². The second-order valence-electron chi connectivity index (χ2n) is 17.0. The van der Waals surface area contributed by atoms with Crippen LogP contribution in [0.5, 0.6) is 0 Å². The maximum absolute atomic E-state index is 2.39. The highest BCUT2D eigenvalue weighted by Crippen LogP contribution is 2.52. The van der Waals surface area contributed by atoms with E-state index >= 15 is 0 Å². The van der Waals surface area contributed by atoms with Gasteiger partial charge in [0, 0.05) is 22.5 Å². The van der Waals surface area contributed by atoms with Crippen molar-refractivity contribution in [2.45, 2.75) is 19.3 Å². The third-order valence-electron chi connectivity index (χ3n) is 12.8. The van der Waals surface area contributed by atoms with E-state index in [2.05, 4.69) is 255 Å². The summed E-state index contributed by atoms with van der Waals surface area (Å²) in [6.45, 7) is 4.73. The van der Waals surface area contributed by atoms with E-state index in [4.69, 9.17) is 0 Å². The molecule has 294 valence electrons. The molecular formula is C61H45N. The van der Waals surface area contributed by atoms with Gasteiger partial charge in [-0.05, 0) is 143 Å². The molecule has 11 rings (SSSR count). The summed E-state index contributed by atoms with van der Waals surface area (Å²) in [5.41, 5.74) is 20.8. The van der Waals surface area contributed by atoms with Crippen LogP contribution in [0.25, 0.3) is 77.5 Å². The molecule has 0 N–H and O–H groups in total. The van der Waals surface area contributed by atoms with Crippen molar-refractivity contribution in [1.29, 1.82) is 0 Å². The van der Waals surface area contributed by atoms with E-state index in [0.717, 1.165) is 17.1 Å². The Morgan fingerprint density at radius 1 is 0.274 bits per heavy atom. The summed E-state index contributed by atoms with van der Waals surface area (Å²) in [6, 6.07) is 86.5. The van der Waals surface area contributed by atoms with Gasteiger partial charge in [-0.25, -0.2) is 0 Å². The minimum atomic E-state index is -0.0950. The van der Waals surface area contributed by atoms with Crippen molar-refractivity contribution in [2.75, 3.05) is 4.90 Å². The zero-order valence-corrected chi connectivity index (χ0v) is 35.0.